The van der Waals surface area contributed by atoms with Crippen molar-refractivity contribution in [2.75, 3.05) is 11.9 Å². The van der Waals surface area contributed by atoms with Gasteiger partial charge in [0.15, 0.2) is 6.61 Å². The van der Waals surface area contributed by atoms with E-state index in [0.29, 0.717) is 17.0 Å². The Morgan fingerprint density at radius 2 is 1.96 bits per heavy atom. The van der Waals surface area contributed by atoms with Gasteiger partial charge in [0.05, 0.1) is 0 Å². The largest absolute Gasteiger partial charge is 0.484 e. The van der Waals surface area contributed by atoms with E-state index in [4.69, 9.17) is 10.5 Å². The van der Waals surface area contributed by atoms with Crippen molar-refractivity contribution < 1.29 is 14.3 Å². The summed E-state index contributed by atoms with van der Waals surface area (Å²) in [6.07, 6.45) is 3.59. The number of primary amides is 1. The number of nitrogens with two attached hydrogens (primary N) is 1. The molecule has 0 saturated heterocycles. The number of imidazole rings is 1. The molecule has 0 aliphatic carbocycles. The predicted molar refractivity (Wildman–Crippen MR) is 97.7 cm³/mol. The minimum atomic E-state index is -0.556. The summed E-state index contributed by atoms with van der Waals surface area (Å²) in [5, 5.41) is 2.86. The number of nitrogens with one attached hydrogen (secondary N) is 1. The summed E-state index contributed by atoms with van der Waals surface area (Å²) in [5.74, 6) is 0.483. The van der Waals surface area contributed by atoms with E-state index in [-0.39, 0.29) is 12.5 Å². The highest BCUT2D eigenvalue weighted by atomic mass is 16.5. The van der Waals surface area contributed by atoms with Crippen LogP contribution < -0.4 is 15.8 Å². The van der Waals surface area contributed by atoms with Gasteiger partial charge < -0.3 is 20.4 Å². The zero-order chi connectivity index (χ0) is 18.5. The van der Waals surface area contributed by atoms with Crippen LogP contribution in [0, 0.1) is 0 Å². The number of rotatable bonds is 6. The first-order valence-electron chi connectivity index (χ1n) is 7.93. The van der Waals surface area contributed by atoms with Gasteiger partial charge in [-0.15, -0.1) is 0 Å². The van der Waals surface area contributed by atoms with Gasteiger partial charge in [-0.2, -0.15) is 0 Å². The smallest absolute Gasteiger partial charge is 0.255 e. The molecule has 0 fully saturated rings. The highest BCUT2D eigenvalue weighted by Gasteiger charge is 2.09. The summed E-state index contributed by atoms with van der Waals surface area (Å²) >= 11 is 0. The third-order valence-corrected chi connectivity index (χ3v) is 3.70. The molecule has 0 radical (unpaired) electrons. The van der Waals surface area contributed by atoms with Gasteiger partial charge in [0, 0.05) is 36.3 Å². The van der Waals surface area contributed by atoms with Crippen molar-refractivity contribution in [1.82, 2.24) is 9.55 Å². The number of hydrogen-bond donors (Lipinski definition) is 2. The number of aryl methyl sites for hydroxylation is 1. The number of carbonyl (C=O) groups excluding carboxylic acids is 2. The quantitative estimate of drug-likeness (QED) is 0.712. The van der Waals surface area contributed by atoms with Crippen LogP contribution in [0.2, 0.25) is 0 Å². The Morgan fingerprint density at radius 1 is 1.19 bits per heavy atom. The third-order valence-electron chi connectivity index (χ3n) is 3.70. The summed E-state index contributed by atoms with van der Waals surface area (Å²) < 4.78 is 7.08. The molecule has 0 unspecified atom stereocenters. The molecule has 2 amide bonds. The summed E-state index contributed by atoms with van der Waals surface area (Å²) in [4.78, 5) is 27.4. The zero-order valence-electron chi connectivity index (χ0n) is 14.2. The summed E-state index contributed by atoms with van der Waals surface area (Å²) in [7, 11) is 1.91. The number of ether oxygens (including phenoxy) is 1. The van der Waals surface area contributed by atoms with Gasteiger partial charge >= 0.3 is 0 Å². The van der Waals surface area contributed by atoms with E-state index in [1.807, 2.05) is 42.1 Å². The molecule has 7 heteroatoms. The number of benzene rings is 2. The summed E-state index contributed by atoms with van der Waals surface area (Å²) in [6.45, 7) is -0.203. The molecule has 0 saturated carbocycles. The van der Waals surface area contributed by atoms with Crippen LogP contribution in [0.3, 0.4) is 0 Å². The van der Waals surface area contributed by atoms with E-state index >= 15 is 0 Å². The first-order chi connectivity index (χ1) is 12.5. The molecule has 7 nitrogen and oxygen atoms in total. The van der Waals surface area contributed by atoms with Gasteiger partial charge in [-0.05, 0) is 36.4 Å². The lowest BCUT2D eigenvalue weighted by atomic mass is 10.1. The summed E-state index contributed by atoms with van der Waals surface area (Å²) in [6, 6.07) is 13.9. The zero-order valence-corrected chi connectivity index (χ0v) is 14.2. The van der Waals surface area contributed by atoms with Gasteiger partial charge in [0.2, 0.25) is 0 Å². The fraction of sp³-hybridized carbons (Fsp3) is 0.105. The topological polar surface area (TPSA) is 99.2 Å². The van der Waals surface area contributed by atoms with E-state index in [0.717, 1.165) is 11.4 Å². The van der Waals surface area contributed by atoms with Gasteiger partial charge in [0.1, 0.15) is 11.6 Å². The van der Waals surface area contributed by atoms with E-state index in [1.54, 1.807) is 30.5 Å². The molecule has 0 bridgehead atoms. The molecule has 26 heavy (non-hydrogen) atoms. The number of anilines is 1. The molecule has 1 aromatic heterocycles. The van der Waals surface area contributed by atoms with Crippen molar-refractivity contribution in [3.8, 4) is 17.1 Å². The molecule has 0 aliphatic heterocycles. The Morgan fingerprint density at radius 3 is 2.62 bits per heavy atom. The Balaban J connectivity index is 1.70. The molecular weight excluding hydrogens is 332 g/mol. The number of hydrogen-bond acceptors (Lipinski definition) is 4. The molecule has 0 aliphatic rings. The Hall–Kier alpha value is -3.61. The molecule has 0 spiro atoms. The molecule has 3 aromatic rings. The maximum Gasteiger partial charge on any atom is 0.255 e. The lowest BCUT2D eigenvalue weighted by Gasteiger charge is -2.09. The fourth-order valence-corrected chi connectivity index (χ4v) is 2.44. The SMILES string of the molecule is Cn1ccnc1-c1cccc(NC(=O)c2ccc(OCC(N)=O)cc2)c1. The molecular formula is C19H18N4O3. The van der Waals surface area contributed by atoms with E-state index in [9.17, 15) is 9.59 Å². The molecule has 3 N–H and O–H groups in total. The van der Waals surface area contributed by atoms with Crippen LogP contribution in [0.5, 0.6) is 5.75 Å². The average molecular weight is 350 g/mol. The van der Waals surface area contributed by atoms with Gasteiger partial charge in [-0.3, -0.25) is 9.59 Å². The minimum absolute atomic E-state index is 0.203. The monoisotopic (exact) mass is 350 g/mol. The van der Waals surface area contributed by atoms with Crippen LogP contribution in [0.4, 0.5) is 5.69 Å². The molecule has 2 aromatic carbocycles. The highest BCUT2D eigenvalue weighted by Crippen LogP contribution is 2.21. The molecule has 0 atom stereocenters. The third kappa shape index (κ3) is 4.07. The first-order valence-corrected chi connectivity index (χ1v) is 7.93. The molecule has 132 valence electrons. The van der Waals surface area contributed by atoms with Crippen molar-refractivity contribution in [3.63, 3.8) is 0 Å². The van der Waals surface area contributed by atoms with Crippen LogP contribution in [-0.4, -0.2) is 28.0 Å². The molecule has 3 rings (SSSR count). The van der Waals surface area contributed by atoms with Crippen LogP contribution in [0.25, 0.3) is 11.4 Å². The summed E-state index contributed by atoms with van der Waals surface area (Å²) in [5.41, 5.74) is 7.08. The van der Waals surface area contributed by atoms with Crippen molar-refractivity contribution in [3.05, 3.63) is 66.5 Å². The van der Waals surface area contributed by atoms with Gasteiger partial charge in [-0.1, -0.05) is 12.1 Å². The number of nitrogens with zero attached hydrogens (tertiary/aromatic N) is 2. The van der Waals surface area contributed by atoms with E-state index < -0.39 is 5.91 Å². The van der Waals surface area contributed by atoms with E-state index in [1.165, 1.54) is 0 Å². The normalized spacial score (nSPS) is 10.3. The van der Waals surface area contributed by atoms with Crippen molar-refractivity contribution >= 4 is 17.5 Å². The number of aromatic nitrogens is 2. The van der Waals surface area contributed by atoms with Crippen LogP contribution >= 0.6 is 0 Å². The second-order valence-electron chi connectivity index (χ2n) is 5.68. The minimum Gasteiger partial charge on any atom is -0.484 e. The van der Waals surface area contributed by atoms with Gasteiger partial charge in [0.25, 0.3) is 11.8 Å². The average Bonchev–Trinajstić information content (AvgIpc) is 3.06. The van der Waals surface area contributed by atoms with Crippen molar-refractivity contribution in [2.45, 2.75) is 0 Å². The lowest BCUT2D eigenvalue weighted by molar-refractivity contribution is -0.119. The molecule has 1 heterocycles. The van der Waals surface area contributed by atoms with Crippen LogP contribution in [0.1, 0.15) is 10.4 Å². The lowest BCUT2D eigenvalue weighted by Crippen LogP contribution is -2.20. The van der Waals surface area contributed by atoms with Crippen molar-refractivity contribution in [1.29, 1.82) is 0 Å². The van der Waals surface area contributed by atoms with Gasteiger partial charge in [-0.25, -0.2) is 4.98 Å². The van der Waals surface area contributed by atoms with Crippen LogP contribution in [0.15, 0.2) is 60.9 Å². The second-order valence-corrected chi connectivity index (χ2v) is 5.68. The van der Waals surface area contributed by atoms with Crippen molar-refractivity contribution in [2.24, 2.45) is 12.8 Å². The maximum absolute atomic E-state index is 12.4. The Kier molecular flexibility index (Phi) is 4.98. The van der Waals surface area contributed by atoms with Crippen LogP contribution in [-0.2, 0) is 11.8 Å². The highest BCUT2D eigenvalue weighted by molar-refractivity contribution is 6.04. The number of amides is 2. The van der Waals surface area contributed by atoms with E-state index in [2.05, 4.69) is 10.3 Å². The number of carbonyl (C=O) groups is 2. The fourth-order valence-electron chi connectivity index (χ4n) is 2.44. The Bertz CT molecular complexity index is 932. The Labute approximate surface area is 150 Å². The predicted octanol–water partition coefficient (Wildman–Crippen LogP) is 2.20. The first kappa shape index (κ1) is 17.2. The second kappa shape index (κ2) is 7.52. The standard InChI is InChI=1S/C19H18N4O3/c1-23-10-9-21-18(23)14-3-2-4-15(11-14)22-19(25)13-5-7-16(8-6-13)26-12-17(20)24/h2-11H,12H2,1H3,(H2,20,24)(H,22,25). The maximum atomic E-state index is 12.4.